The lowest BCUT2D eigenvalue weighted by Gasteiger charge is -2.05. The van der Waals surface area contributed by atoms with Crippen LogP contribution in [0.15, 0.2) is 60.2 Å². The molecule has 0 fully saturated rings. The summed E-state index contributed by atoms with van der Waals surface area (Å²) >= 11 is 1.54. The summed E-state index contributed by atoms with van der Waals surface area (Å²) in [7, 11) is 0. The molecule has 27 heavy (non-hydrogen) atoms. The number of thiazole rings is 1. The Labute approximate surface area is 159 Å². The Kier molecular flexibility index (Phi) is 4.71. The largest absolute Gasteiger partial charge is 0.326 e. The number of benzene rings is 2. The van der Waals surface area contributed by atoms with Crippen LogP contribution in [-0.4, -0.2) is 31.1 Å². The minimum atomic E-state index is -0.106. The van der Waals surface area contributed by atoms with Crippen molar-refractivity contribution in [2.45, 2.75) is 13.3 Å². The van der Waals surface area contributed by atoms with Gasteiger partial charge >= 0.3 is 0 Å². The SMILES string of the molecule is Cc1ccc(-c2nc(CC(=O)Nc3ccc(-n4cnnn4)cc3)cs2)cc1. The number of hydrogen-bond donors (Lipinski definition) is 1. The van der Waals surface area contributed by atoms with E-state index in [1.54, 1.807) is 16.0 Å². The third kappa shape index (κ3) is 4.06. The molecule has 134 valence electrons. The van der Waals surface area contributed by atoms with Gasteiger partial charge in [0.25, 0.3) is 0 Å². The fourth-order valence-electron chi connectivity index (χ4n) is 2.56. The number of aromatic nitrogens is 5. The first-order valence-electron chi connectivity index (χ1n) is 8.32. The molecular formula is C19H16N6OS. The Morgan fingerprint density at radius 1 is 1.11 bits per heavy atom. The summed E-state index contributed by atoms with van der Waals surface area (Å²) in [6, 6.07) is 15.5. The minimum absolute atomic E-state index is 0.106. The number of nitrogens with zero attached hydrogens (tertiary/aromatic N) is 5. The standard InChI is InChI=1S/C19H16N6OS/c1-13-2-4-14(5-3-13)19-22-16(11-27-19)10-18(26)21-15-6-8-17(9-7-15)25-12-20-23-24-25/h2-9,11-12H,10H2,1H3,(H,21,26). The summed E-state index contributed by atoms with van der Waals surface area (Å²) in [6.45, 7) is 2.05. The predicted octanol–water partition coefficient (Wildman–Crippen LogP) is 3.28. The fraction of sp³-hybridized carbons (Fsp3) is 0.105. The maximum absolute atomic E-state index is 12.3. The Hall–Kier alpha value is -3.39. The average molecular weight is 376 g/mol. The van der Waals surface area contributed by atoms with Crippen LogP contribution < -0.4 is 5.32 Å². The molecule has 0 aliphatic carbocycles. The summed E-state index contributed by atoms with van der Waals surface area (Å²) in [6.07, 6.45) is 1.75. The Bertz CT molecular complexity index is 1040. The van der Waals surface area contributed by atoms with E-state index >= 15 is 0 Å². The number of tetrazole rings is 1. The Morgan fingerprint density at radius 2 is 1.89 bits per heavy atom. The highest BCUT2D eigenvalue weighted by molar-refractivity contribution is 7.13. The summed E-state index contributed by atoms with van der Waals surface area (Å²) in [5, 5.41) is 16.8. The zero-order chi connectivity index (χ0) is 18.6. The van der Waals surface area contributed by atoms with Crippen LogP contribution in [0, 0.1) is 6.92 Å². The molecule has 2 aromatic carbocycles. The van der Waals surface area contributed by atoms with Gasteiger partial charge in [0.1, 0.15) is 11.3 Å². The van der Waals surface area contributed by atoms with Crippen molar-refractivity contribution in [2.24, 2.45) is 0 Å². The molecule has 0 aliphatic heterocycles. The number of nitrogens with one attached hydrogen (secondary N) is 1. The molecular weight excluding hydrogens is 360 g/mol. The lowest BCUT2D eigenvalue weighted by Crippen LogP contribution is -2.14. The van der Waals surface area contributed by atoms with Crippen LogP contribution in [0.4, 0.5) is 5.69 Å². The second kappa shape index (κ2) is 7.46. The highest BCUT2D eigenvalue weighted by atomic mass is 32.1. The molecule has 4 aromatic rings. The molecule has 0 unspecified atom stereocenters. The first-order valence-corrected chi connectivity index (χ1v) is 9.20. The topological polar surface area (TPSA) is 85.6 Å². The summed E-state index contributed by atoms with van der Waals surface area (Å²) in [5.41, 5.74) is 4.57. The lowest BCUT2D eigenvalue weighted by atomic mass is 10.2. The lowest BCUT2D eigenvalue weighted by molar-refractivity contribution is -0.115. The molecule has 0 spiro atoms. The van der Waals surface area contributed by atoms with E-state index in [9.17, 15) is 4.79 Å². The van der Waals surface area contributed by atoms with E-state index in [0.717, 1.165) is 22.0 Å². The molecule has 7 nitrogen and oxygen atoms in total. The van der Waals surface area contributed by atoms with Crippen LogP contribution in [0.5, 0.6) is 0 Å². The van der Waals surface area contributed by atoms with Crippen LogP contribution in [0.25, 0.3) is 16.3 Å². The summed E-state index contributed by atoms with van der Waals surface area (Å²) in [4.78, 5) is 16.9. The van der Waals surface area contributed by atoms with E-state index in [1.807, 2.05) is 41.8 Å². The normalized spacial score (nSPS) is 10.7. The van der Waals surface area contributed by atoms with Gasteiger partial charge < -0.3 is 5.32 Å². The van der Waals surface area contributed by atoms with E-state index in [1.165, 1.54) is 11.9 Å². The van der Waals surface area contributed by atoms with Gasteiger partial charge in [-0.2, -0.15) is 0 Å². The van der Waals surface area contributed by atoms with Crippen molar-refractivity contribution in [1.29, 1.82) is 0 Å². The van der Waals surface area contributed by atoms with Gasteiger partial charge in [0.15, 0.2) is 0 Å². The van der Waals surface area contributed by atoms with Crippen LogP contribution in [0.2, 0.25) is 0 Å². The van der Waals surface area contributed by atoms with E-state index in [-0.39, 0.29) is 12.3 Å². The molecule has 0 aliphatic rings. The van der Waals surface area contributed by atoms with Crippen LogP contribution in [-0.2, 0) is 11.2 Å². The Morgan fingerprint density at radius 3 is 2.59 bits per heavy atom. The smallest absolute Gasteiger partial charge is 0.230 e. The molecule has 0 saturated heterocycles. The van der Waals surface area contributed by atoms with Crippen molar-refractivity contribution in [2.75, 3.05) is 5.32 Å². The molecule has 4 rings (SSSR count). The van der Waals surface area contributed by atoms with Crippen LogP contribution in [0.3, 0.4) is 0 Å². The zero-order valence-corrected chi connectivity index (χ0v) is 15.3. The highest BCUT2D eigenvalue weighted by Crippen LogP contribution is 2.24. The fourth-order valence-corrected chi connectivity index (χ4v) is 3.39. The van der Waals surface area contributed by atoms with Crippen molar-refractivity contribution in [3.05, 3.63) is 71.5 Å². The van der Waals surface area contributed by atoms with E-state index in [4.69, 9.17) is 0 Å². The Balaban J connectivity index is 1.39. The number of amides is 1. The van der Waals surface area contributed by atoms with Crippen LogP contribution in [0.1, 0.15) is 11.3 Å². The molecule has 0 saturated carbocycles. The molecule has 1 amide bonds. The zero-order valence-electron chi connectivity index (χ0n) is 14.5. The number of carbonyl (C=O) groups excluding carboxylic acids is 1. The number of hydrogen-bond acceptors (Lipinski definition) is 6. The number of aryl methyl sites for hydroxylation is 1. The van der Waals surface area contributed by atoms with Gasteiger partial charge in [0.2, 0.25) is 5.91 Å². The molecule has 2 aromatic heterocycles. The third-order valence-corrected chi connectivity index (χ3v) is 4.90. The van der Waals surface area contributed by atoms with Gasteiger partial charge in [0.05, 0.1) is 17.8 Å². The highest BCUT2D eigenvalue weighted by Gasteiger charge is 2.10. The number of rotatable bonds is 5. The maximum atomic E-state index is 12.3. The first kappa shape index (κ1) is 17.0. The van der Waals surface area contributed by atoms with Crippen LogP contribution >= 0.6 is 11.3 Å². The number of anilines is 1. The first-order chi connectivity index (χ1) is 13.2. The molecule has 0 bridgehead atoms. The van der Waals surface area contributed by atoms with Gasteiger partial charge in [-0.25, -0.2) is 9.67 Å². The van der Waals surface area contributed by atoms with Crippen molar-refractivity contribution < 1.29 is 4.79 Å². The summed E-state index contributed by atoms with van der Waals surface area (Å²) in [5.74, 6) is -0.106. The second-order valence-electron chi connectivity index (χ2n) is 6.04. The monoisotopic (exact) mass is 376 g/mol. The van der Waals surface area contributed by atoms with Gasteiger partial charge in [0, 0.05) is 16.6 Å². The molecule has 2 heterocycles. The quantitative estimate of drug-likeness (QED) is 0.578. The van der Waals surface area contributed by atoms with Crippen molar-refractivity contribution >= 4 is 22.9 Å². The van der Waals surface area contributed by atoms with Crippen molar-refractivity contribution in [3.8, 4) is 16.3 Å². The molecule has 0 radical (unpaired) electrons. The van der Waals surface area contributed by atoms with Gasteiger partial charge in [-0.05, 0) is 41.6 Å². The van der Waals surface area contributed by atoms with E-state index in [0.29, 0.717) is 5.69 Å². The van der Waals surface area contributed by atoms with Gasteiger partial charge in [-0.1, -0.05) is 29.8 Å². The van der Waals surface area contributed by atoms with E-state index < -0.39 is 0 Å². The number of carbonyl (C=O) groups is 1. The van der Waals surface area contributed by atoms with Gasteiger partial charge in [-0.15, -0.1) is 16.4 Å². The van der Waals surface area contributed by atoms with Gasteiger partial charge in [-0.3, -0.25) is 4.79 Å². The van der Waals surface area contributed by atoms with E-state index in [2.05, 4.69) is 44.9 Å². The average Bonchev–Trinajstić information content (AvgIpc) is 3.35. The second-order valence-corrected chi connectivity index (χ2v) is 6.89. The molecule has 0 atom stereocenters. The van der Waals surface area contributed by atoms with Crippen molar-refractivity contribution in [3.63, 3.8) is 0 Å². The summed E-state index contributed by atoms with van der Waals surface area (Å²) < 4.78 is 1.55. The molecule has 1 N–H and O–H groups in total. The predicted molar refractivity (Wildman–Crippen MR) is 104 cm³/mol. The maximum Gasteiger partial charge on any atom is 0.230 e. The third-order valence-electron chi connectivity index (χ3n) is 3.96. The molecule has 8 heteroatoms. The minimum Gasteiger partial charge on any atom is -0.326 e. The van der Waals surface area contributed by atoms with Crippen molar-refractivity contribution in [1.82, 2.24) is 25.2 Å².